The van der Waals surface area contributed by atoms with Crippen LogP contribution >= 0.6 is 0 Å². The number of rotatable bonds is 13. The first-order valence-corrected chi connectivity index (χ1v) is 17.3. The predicted molar refractivity (Wildman–Crippen MR) is 199 cm³/mol. The fraction of sp³-hybridized carbons (Fsp3) is 0.450. The van der Waals surface area contributed by atoms with E-state index in [0.717, 1.165) is 38.5 Å². The second-order valence-corrected chi connectivity index (χ2v) is 13.5. The highest BCUT2D eigenvalue weighted by atomic mass is 16.3. The van der Waals surface area contributed by atoms with Crippen molar-refractivity contribution in [2.75, 3.05) is 13.1 Å². The Kier molecular flexibility index (Phi) is 11.5. The molecule has 0 bridgehead atoms. The van der Waals surface area contributed by atoms with E-state index in [-0.39, 0.29) is 57.5 Å². The Morgan fingerprint density at radius 2 is 0.896 bits per heavy atom. The molecule has 0 aliphatic rings. The van der Waals surface area contributed by atoms with Crippen molar-refractivity contribution in [2.24, 2.45) is 9.98 Å². The topological polar surface area (TPSA) is 146 Å². The average Bonchev–Trinajstić information content (AvgIpc) is 3.01. The molecule has 0 spiro atoms. The first kappa shape index (κ1) is 36.4. The number of benzene rings is 4. The summed E-state index contributed by atoms with van der Waals surface area (Å²) in [4.78, 5) is 9.06. The van der Waals surface area contributed by atoms with Gasteiger partial charge in [0, 0.05) is 69.7 Å². The van der Waals surface area contributed by atoms with Gasteiger partial charge in [-0.3, -0.25) is 9.98 Å². The van der Waals surface area contributed by atoms with E-state index >= 15 is 0 Å². The molecule has 0 aromatic heterocycles. The standard InChI is InChI=1S/C40H52N2O6/c1-9-11-13-15-41-19-27-33-25(29(21(3)4)39(47)35(27)43)17-23(7)31(37(33)45)32-24(8)18-26-30(22(5)6)40(48)36(44)28(34(26)38(32)46)20-42-16-14-12-10-2/h17-22,43-48H,9-16H2,1-8H3. The summed E-state index contributed by atoms with van der Waals surface area (Å²) in [5.74, 6) is -1.92. The molecule has 4 rings (SSSR count). The van der Waals surface area contributed by atoms with Crippen LogP contribution in [0.5, 0.6) is 34.5 Å². The van der Waals surface area contributed by atoms with Gasteiger partial charge in [-0.05, 0) is 60.4 Å². The normalized spacial score (nSPS) is 12.3. The molecule has 0 aliphatic carbocycles. The fourth-order valence-electron chi connectivity index (χ4n) is 6.84. The van der Waals surface area contributed by atoms with Crippen molar-refractivity contribution in [3.8, 4) is 45.6 Å². The molecule has 4 aromatic rings. The molecule has 0 radical (unpaired) electrons. The zero-order valence-corrected chi connectivity index (χ0v) is 29.7. The zero-order chi connectivity index (χ0) is 35.4. The summed E-state index contributed by atoms with van der Waals surface area (Å²) in [5, 5.41) is 71.0. The zero-order valence-electron chi connectivity index (χ0n) is 29.7. The number of hydrogen-bond acceptors (Lipinski definition) is 8. The van der Waals surface area contributed by atoms with Gasteiger partial charge in [-0.25, -0.2) is 0 Å². The van der Waals surface area contributed by atoms with Crippen LogP contribution in [0.4, 0.5) is 0 Å². The highest BCUT2D eigenvalue weighted by Gasteiger charge is 2.29. The molecule has 0 aliphatic heterocycles. The third-order valence-electron chi connectivity index (χ3n) is 9.21. The van der Waals surface area contributed by atoms with E-state index in [4.69, 9.17) is 0 Å². The van der Waals surface area contributed by atoms with Gasteiger partial charge in [0.05, 0.1) is 0 Å². The van der Waals surface area contributed by atoms with Gasteiger partial charge in [0.2, 0.25) is 0 Å². The lowest BCUT2D eigenvalue weighted by atomic mass is 9.83. The summed E-state index contributed by atoms with van der Waals surface area (Å²) in [5.41, 5.74) is 3.37. The van der Waals surface area contributed by atoms with Gasteiger partial charge in [0.25, 0.3) is 0 Å². The van der Waals surface area contributed by atoms with E-state index < -0.39 is 0 Å². The maximum absolute atomic E-state index is 12.2. The molecule has 0 amide bonds. The summed E-state index contributed by atoms with van der Waals surface area (Å²) in [7, 11) is 0. The Bertz CT molecular complexity index is 1750. The van der Waals surface area contributed by atoms with E-state index in [1.54, 1.807) is 0 Å². The molecule has 0 saturated heterocycles. The van der Waals surface area contributed by atoms with Crippen LogP contribution in [0.3, 0.4) is 0 Å². The van der Waals surface area contributed by atoms with Crippen molar-refractivity contribution in [2.45, 2.75) is 106 Å². The molecule has 6 N–H and O–H groups in total. The van der Waals surface area contributed by atoms with Crippen molar-refractivity contribution in [3.05, 3.63) is 45.5 Å². The minimum atomic E-state index is -0.362. The molecule has 0 saturated carbocycles. The summed E-state index contributed by atoms with van der Waals surface area (Å²) in [6.07, 6.45) is 8.84. The van der Waals surface area contributed by atoms with Gasteiger partial charge >= 0.3 is 0 Å². The average molecular weight is 657 g/mol. The van der Waals surface area contributed by atoms with Gasteiger partial charge in [0.1, 0.15) is 11.5 Å². The minimum Gasteiger partial charge on any atom is -0.507 e. The molecule has 0 unspecified atom stereocenters. The van der Waals surface area contributed by atoms with Crippen LogP contribution in [-0.4, -0.2) is 56.2 Å². The molecule has 0 atom stereocenters. The van der Waals surface area contributed by atoms with Crippen LogP contribution < -0.4 is 0 Å². The predicted octanol–water partition coefficient (Wildman–Crippen LogP) is 9.98. The number of fused-ring (bicyclic) bond motifs is 2. The molecular weight excluding hydrogens is 604 g/mol. The van der Waals surface area contributed by atoms with E-state index in [2.05, 4.69) is 23.8 Å². The Hall–Kier alpha value is -4.46. The number of phenols is 6. The Morgan fingerprint density at radius 3 is 1.21 bits per heavy atom. The first-order valence-electron chi connectivity index (χ1n) is 17.3. The lowest BCUT2D eigenvalue weighted by molar-refractivity contribution is 0.398. The molecule has 48 heavy (non-hydrogen) atoms. The van der Waals surface area contributed by atoms with Gasteiger partial charge in [-0.2, -0.15) is 0 Å². The lowest BCUT2D eigenvalue weighted by Crippen LogP contribution is -2.01. The van der Waals surface area contributed by atoms with Crippen LogP contribution in [0.2, 0.25) is 0 Å². The fourth-order valence-corrected chi connectivity index (χ4v) is 6.84. The number of unbranched alkanes of at least 4 members (excludes halogenated alkanes) is 4. The molecular formula is C40H52N2O6. The second kappa shape index (κ2) is 15.2. The second-order valence-electron chi connectivity index (χ2n) is 13.5. The molecule has 0 fully saturated rings. The Balaban J connectivity index is 2.14. The van der Waals surface area contributed by atoms with Crippen molar-refractivity contribution in [1.82, 2.24) is 0 Å². The van der Waals surface area contributed by atoms with Crippen molar-refractivity contribution in [1.29, 1.82) is 0 Å². The molecule has 8 heteroatoms. The van der Waals surface area contributed by atoms with Crippen molar-refractivity contribution in [3.63, 3.8) is 0 Å². The van der Waals surface area contributed by atoms with Crippen LogP contribution in [-0.2, 0) is 0 Å². The summed E-state index contributed by atoms with van der Waals surface area (Å²) >= 11 is 0. The highest BCUT2D eigenvalue weighted by Crippen LogP contribution is 2.54. The molecule has 8 nitrogen and oxygen atoms in total. The quantitative estimate of drug-likeness (QED) is 0.0480. The lowest BCUT2D eigenvalue weighted by Gasteiger charge is -2.23. The monoisotopic (exact) mass is 656 g/mol. The Labute approximate surface area is 284 Å². The van der Waals surface area contributed by atoms with E-state index in [0.29, 0.717) is 68.0 Å². The van der Waals surface area contributed by atoms with E-state index in [1.807, 2.05) is 53.7 Å². The number of aryl methyl sites for hydroxylation is 2. The first-order chi connectivity index (χ1) is 22.8. The number of hydrogen-bond donors (Lipinski definition) is 6. The maximum Gasteiger partial charge on any atom is 0.167 e. The maximum atomic E-state index is 12.2. The third-order valence-corrected chi connectivity index (χ3v) is 9.21. The Morgan fingerprint density at radius 1 is 0.542 bits per heavy atom. The number of aliphatic imine (C=N–C) groups is 2. The SMILES string of the molecule is CCCCCN=Cc1c(O)c(O)c(C(C)C)c2cc(C)c(-c3c(C)cc4c(C(C)C)c(O)c(O)c(C=NCCCCC)c4c3O)c(O)c12. The van der Waals surface area contributed by atoms with Gasteiger partial charge < -0.3 is 30.6 Å². The largest absolute Gasteiger partial charge is 0.507 e. The van der Waals surface area contributed by atoms with Crippen LogP contribution in [0, 0.1) is 13.8 Å². The number of nitrogens with zero attached hydrogens (tertiary/aromatic N) is 2. The summed E-state index contributed by atoms with van der Waals surface area (Å²) in [6.45, 7) is 16.6. The smallest absolute Gasteiger partial charge is 0.167 e. The number of aromatic hydroxyl groups is 6. The third kappa shape index (κ3) is 6.62. The highest BCUT2D eigenvalue weighted by molar-refractivity contribution is 6.15. The van der Waals surface area contributed by atoms with Crippen molar-refractivity contribution < 1.29 is 30.6 Å². The van der Waals surface area contributed by atoms with Crippen molar-refractivity contribution >= 4 is 34.0 Å². The summed E-state index contributed by atoms with van der Waals surface area (Å²) < 4.78 is 0. The minimum absolute atomic E-state index is 0.170. The molecule has 0 heterocycles. The van der Waals surface area contributed by atoms with Crippen LogP contribution in [0.1, 0.15) is 125 Å². The molecule has 4 aromatic carbocycles. The van der Waals surface area contributed by atoms with Crippen LogP contribution in [0.15, 0.2) is 22.1 Å². The van der Waals surface area contributed by atoms with E-state index in [9.17, 15) is 30.6 Å². The van der Waals surface area contributed by atoms with E-state index in [1.165, 1.54) is 12.4 Å². The van der Waals surface area contributed by atoms with Crippen LogP contribution in [0.25, 0.3) is 32.7 Å². The number of phenolic OH excluding ortho intramolecular Hbond substituents is 6. The van der Waals surface area contributed by atoms with Gasteiger partial charge in [0.15, 0.2) is 23.0 Å². The summed E-state index contributed by atoms with van der Waals surface area (Å²) in [6, 6.07) is 3.72. The van der Waals surface area contributed by atoms with Gasteiger partial charge in [-0.1, -0.05) is 79.4 Å². The van der Waals surface area contributed by atoms with Gasteiger partial charge in [-0.15, -0.1) is 0 Å². The molecule has 258 valence electrons.